The number of aliphatic hydroxyl groups is 1. The minimum Gasteiger partial charge on any atom is -0.394 e. The molecule has 0 bridgehead atoms. The molecular weight excluding hydrogens is 146 g/mol. The summed E-state index contributed by atoms with van der Waals surface area (Å²) in [5, 5.41) is 12.1. The maximum Gasteiger partial charge on any atom is 0.0607 e. The van der Waals surface area contributed by atoms with Gasteiger partial charge in [-0.2, -0.15) is 11.8 Å². The highest BCUT2D eigenvalue weighted by Gasteiger charge is 2.13. The summed E-state index contributed by atoms with van der Waals surface area (Å²) in [7, 11) is 0. The lowest BCUT2D eigenvalue weighted by molar-refractivity contribution is 0.191. The molecule has 0 heterocycles. The largest absolute Gasteiger partial charge is 0.394 e. The molecule has 0 saturated carbocycles. The van der Waals surface area contributed by atoms with Crippen molar-refractivity contribution >= 4 is 11.8 Å². The van der Waals surface area contributed by atoms with E-state index in [1.807, 2.05) is 25.6 Å². The van der Waals surface area contributed by atoms with Gasteiger partial charge in [0.1, 0.15) is 0 Å². The van der Waals surface area contributed by atoms with Crippen LogP contribution in [-0.2, 0) is 0 Å². The average molecular weight is 163 g/mol. The molecule has 0 aromatic rings. The Kier molecular flexibility index (Phi) is 5.13. The molecule has 0 unspecified atom stereocenters. The Labute approximate surface area is 67.4 Å². The number of nitrogens with one attached hydrogen (secondary N) is 1. The summed E-state index contributed by atoms with van der Waals surface area (Å²) in [6.45, 7) is 5.15. The van der Waals surface area contributed by atoms with Crippen LogP contribution in [0.3, 0.4) is 0 Å². The van der Waals surface area contributed by atoms with Crippen molar-refractivity contribution in [1.82, 2.24) is 5.32 Å². The SMILES string of the molecule is CSCCNC(C)(C)CO. The molecule has 0 atom stereocenters. The molecule has 0 rings (SSSR count). The van der Waals surface area contributed by atoms with Crippen molar-refractivity contribution < 1.29 is 5.11 Å². The van der Waals surface area contributed by atoms with Gasteiger partial charge in [-0.25, -0.2) is 0 Å². The molecule has 0 aromatic heterocycles. The van der Waals surface area contributed by atoms with Crippen LogP contribution in [0, 0.1) is 0 Å². The van der Waals surface area contributed by atoms with Crippen molar-refractivity contribution in [2.24, 2.45) is 0 Å². The van der Waals surface area contributed by atoms with Crippen molar-refractivity contribution in [2.45, 2.75) is 19.4 Å². The van der Waals surface area contributed by atoms with Crippen LogP contribution < -0.4 is 5.32 Å². The predicted molar refractivity (Wildman–Crippen MR) is 47.5 cm³/mol. The van der Waals surface area contributed by atoms with E-state index in [4.69, 9.17) is 5.11 Å². The summed E-state index contributed by atoms with van der Waals surface area (Å²) in [6.07, 6.45) is 2.08. The van der Waals surface area contributed by atoms with Crippen LogP contribution in [0.5, 0.6) is 0 Å². The molecule has 2 N–H and O–H groups in total. The first-order valence-electron chi connectivity index (χ1n) is 3.47. The summed E-state index contributed by atoms with van der Waals surface area (Å²) in [6, 6.07) is 0. The third-order valence-electron chi connectivity index (χ3n) is 1.31. The number of hydrogen-bond donors (Lipinski definition) is 2. The van der Waals surface area contributed by atoms with Gasteiger partial charge in [0, 0.05) is 17.8 Å². The maximum atomic E-state index is 8.82. The predicted octanol–water partition coefficient (Wildman–Crippen LogP) is 0.710. The van der Waals surface area contributed by atoms with Gasteiger partial charge in [-0.3, -0.25) is 0 Å². The number of aliphatic hydroxyl groups excluding tert-OH is 1. The minimum atomic E-state index is -0.115. The fourth-order valence-corrected chi connectivity index (χ4v) is 0.854. The zero-order valence-corrected chi connectivity index (χ0v) is 7.79. The van der Waals surface area contributed by atoms with Crippen LogP contribution in [-0.4, -0.2) is 35.8 Å². The Bertz CT molecular complexity index is 85.7. The Morgan fingerprint density at radius 3 is 2.50 bits per heavy atom. The van der Waals surface area contributed by atoms with E-state index < -0.39 is 0 Å². The van der Waals surface area contributed by atoms with Gasteiger partial charge in [-0.1, -0.05) is 0 Å². The van der Waals surface area contributed by atoms with Gasteiger partial charge < -0.3 is 10.4 Å². The first-order valence-corrected chi connectivity index (χ1v) is 4.86. The Morgan fingerprint density at radius 2 is 2.10 bits per heavy atom. The van der Waals surface area contributed by atoms with Crippen molar-refractivity contribution in [3.8, 4) is 0 Å². The summed E-state index contributed by atoms with van der Waals surface area (Å²) in [5.41, 5.74) is -0.115. The number of thioether (sulfide) groups is 1. The van der Waals surface area contributed by atoms with E-state index >= 15 is 0 Å². The molecule has 0 spiro atoms. The maximum absolute atomic E-state index is 8.82. The molecule has 0 fully saturated rings. The normalized spacial score (nSPS) is 12.0. The average Bonchev–Trinajstić information content (AvgIpc) is 1.89. The van der Waals surface area contributed by atoms with Gasteiger partial charge in [0.2, 0.25) is 0 Å². The fraction of sp³-hybridized carbons (Fsp3) is 1.00. The monoisotopic (exact) mass is 163 g/mol. The Balaban J connectivity index is 3.28. The molecule has 0 radical (unpaired) electrons. The van der Waals surface area contributed by atoms with E-state index in [1.165, 1.54) is 0 Å². The topological polar surface area (TPSA) is 32.3 Å². The van der Waals surface area contributed by atoms with Crippen LogP contribution >= 0.6 is 11.8 Å². The van der Waals surface area contributed by atoms with Crippen LogP contribution in [0.15, 0.2) is 0 Å². The zero-order valence-electron chi connectivity index (χ0n) is 6.98. The van der Waals surface area contributed by atoms with Crippen molar-refractivity contribution in [2.75, 3.05) is 25.2 Å². The molecular formula is C7H17NOS. The van der Waals surface area contributed by atoms with Gasteiger partial charge >= 0.3 is 0 Å². The molecule has 0 aliphatic carbocycles. The zero-order chi connectivity index (χ0) is 8.04. The second-order valence-electron chi connectivity index (χ2n) is 2.96. The summed E-state index contributed by atoms with van der Waals surface area (Å²) in [5.74, 6) is 1.10. The van der Waals surface area contributed by atoms with Crippen molar-refractivity contribution in [3.05, 3.63) is 0 Å². The van der Waals surface area contributed by atoms with Gasteiger partial charge in [0.05, 0.1) is 6.61 Å². The lowest BCUT2D eigenvalue weighted by atomic mass is 10.1. The fourth-order valence-electron chi connectivity index (χ4n) is 0.547. The van der Waals surface area contributed by atoms with E-state index in [1.54, 1.807) is 0 Å². The smallest absolute Gasteiger partial charge is 0.0607 e. The van der Waals surface area contributed by atoms with E-state index in [9.17, 15) is 0 Å². The highest BCUT2D eigenvalue weighted by Crippen LogP contribution is 1.99. The van der Waals surface area contributed by atoms with E-state index in [0.717, 1.165) is 12.3 Å². The first kappa shape index (κ1) is 10.3. The van der Waals surface area contributed by atoms with Crippen LogP contribution in [0.4, 0.5) is 0 Å². The lowest BCUT2D eigenvalue weighted by Gasteiger charge is -2.23. The third kappa shape index (κ3) is 5.09. The molecule has 0 amide bonds. The molecule has 0 aromatic carbocycles. The minimum absolute atomic E-state index is 0.115. The molecule has 2 nitrogen and oxygen atoms in total. The lowest BCUT2D eigenvalue weighted by Crippen LogP contribution is -2.43. The second kappa shape index (κ2) is 4.99. The van der Waals surface area contributed by atoms with Gasteiger partial charge in [-0.05, 0) is 20.1 Å². The highest BCUT2D eigenvalue weighted by molar-refractivity contribution is 7.98. The molecule has 0 aliphatic heterocycles. The van der Waals surface area contributed by atoms with E-state index in [-0.39, 0.29) is 12.1 Å². The molecule has 0 saturated heterocycles. The van der Waals surface area contributed by atoms with Crippen molar-refractivity contribution in [3.63, 3.8) is 0 Å². The highest BCUT2D eigenvalue weighted by atomic mass is 32.2. The molecule has 62 valence electrons. The number of hydrogen-bond acceptors (Lipinski definition) is 3. The Morgan fingerprint density at radius 1 is 1.50 bits per heavy atom. The molecule has 10 heavy (non-hydrogen) atoms. The van der Waals surface area contributed by atoms with Crippen LogP contribution in [0.2, 0.25) is 0 Å². The number of rotatable bonds is 5. The second-order valence-corrected chi connectivity index (χ2v) is 3.95. The van der Waals surface area contributed by atoms with Crippen LogP contribution in [0.25, 0.3) is 0 Å². The third-order valence-corrected chi connectivity index (χ3v) is 1.92. The summed E-state index contributed by atoms with van der Waals surface area (Å²) in [4.78, 5) is 0. The molecule has 3 heteroatoms. The first-order chi connectivity index (χ1) is 4.62. The van der Waals surface area contributed by atoms with Gasteiger partial charge in [-0.15, -0.1) is 0 Å². The molecule has 0 aliphatic rings. The van der Waals surface area contributed by atoms with Gasteiger partial charge in [0.15, 0.2) is 0 Å². The summed E-state index contributed by atoms with van der Waals surface area (Å²) < 4.78 is 0. The Hall–Kier alpha value is 0.270. The van der Waals surface area contributed by atoms with Crippen molar-refractivity contribution in [1.29, 1.82) is 0 Å². The van der Waals surface area contributed by atoms with Crippen LogP contribution in [0.1, 0.15) is 13.8 Å². The van der Waals surface area contributed by atoms with E-state index in [0.29, 0.717) is 0 Å². The van der Waals surface area contributed by atoms with E-state index in [2.05, 4.69) is 11.6 Å². The summed E-state index contributed by atoms with van der Waals surface area (Å²) >= 11 is 1.81. The standard InChI is InChI=1S/C7H17NOS/c1-7(2,6-9)8-4-5-10-3/h8-9H,4-6H2,1-3H3. The van der Waals surface area contributed by atoms with Gasteiger partial charge in [0.25, 0.3) is 0 Å². The quantitative estimate of drug-likeness (QED) is 0.585.